The highest BCUT2D eigenvalue weighted by Gasteiger charge is 2.26. The Morgan fingerprint density at radius 3 is 2.17 bits per heavy atom. The Morgan fingerprint density at radius 1 is 0.971 bits per heavy atom. The molecule has 0 aliphatic rings. The van der Waals surface area contributed by atoms with Gasteiger partial charge in [0.25, 0.3) is 5.91 Å². The number of halogens is 1. The van der Waals surface area contributed by atoms with E-state index in [9.17, 15) is 18.0 Å². The van der Waals surface area contributed by atoms with Crippen molar-refractivity contribution in [2.45, 2.75) is 36.7 Å². The number of aryl methyl sites for hydroxylation is 2. The maximum absolute atomic E-state index is 13.7. The number of anilines is 1. The van der Waals surface area contributed by atoms with Crippen LogP contribution in [-0.4, -0.2) is 30.6 Å². The first kappa shape index (κ1) is 24.6. The van der Waals surface area contributed by atoms with E-state index in [1.165, 1.54) is 46.6 Å². The fraction of sp³-hybridized carbons (Fsp3) is 0.200. The second kappa shape index (κ2) is 9.59. The quantitative estimate of drug-likeness (QED) is 0.389. The minimum atomic E-state index is -4.08. The summed E-state index contributed by atoms with van der Waals surface area (Å²) < 4.78 is 35.6. The number of ether oxygens (including phenoxy) is 1. The third-order valence-electron chi connectivity index (χ3n) is 5.75. The average molecular weight is 514 g/mol. The van der Waals surface area contributed by atoms with E-state index >= 15 is 0 Å². The molecule has 35 heavy (non-hydrogen) atoms. The molecule has 0 unspecified atom stereocenters. The number of carbonyl (C=O) groups is 1. The van der Waals surface area contributed by atoms with Crippen molar-refractivity contribution in [3.05, 3.63) is 81.7 Å². The molecule has 0 saturated carbocycles. The van der Waals surface area contributed by atoms with Gasteiger partial charge in [0.2, 0.25) is 9.84 Å². The summed E-state index contributed by atoms with van der Waals surface area (Å²) in [6.07, 6.45) is 0. The molecule has 0 aliphatic carbocycles. The van der Waals surface area contributed by atoms with Crippen LogP contribution in [0.5, 0.6) is 5.75 Å². The highest BCUT2D eigenvalue weighted by atomic mass is 35.5. The van der Waals surface area contributed by atoms with E-state index in [1.54, 1.807) is 30.3 Å². The molecule has 1 heterocycles. The van der Waals surface area contributed by atoms with Crippen LogP contribution in [0.15, 0.2) is 75.2 Å². The van der Waals surface area contributed by atoms with Crippen molar-refractivity contribution in [3.8, 4) is 5.75 Å². The molecule has 0 atom stereocenters. The van der Waals surface area contributed by atoms with E-state index in [-0.39, 0.29) is 26.7 Å². The van der Waals surface area contributed by atoms with Crippen molar-refractivity contribution in [3.63, 3.8) is 0 Å². The number of fused-ring (bicyclic) bond motifs is 1. The summed E-state index contributed by atoms with van der Waals surface area (Å²) in [7, 11) is -2.59. The molecule has 0 fully saturated rings. The number of methoxy groups -OCH3 is 1. The number of aromatic nitrogens is 2. The van der Waals surface area contributed by atoms with Crippen LogP contribution in [0.2, 0.25) is 5.02 Å². The van der Waals surface area contributed by atoms with Crippen molar-refractivity contribution in [2.75, 3.05) is 12.4 Å². The molecule has 10 heteroatoms. The van der Waals surface area contributed by atoms with E-state index in [1.807, 2.05) is 13.8 Å². The van der Waals surface area contributed by atoms with Gasteiger partial charge in [-0.1, -0.05) is 17.7 Å². The summed E-state index contributed by atoms with van der Waals surface area (Å²) in [5.41, 5.74) is 1.07. The van der Waals surface area contributed by atoms with Gasteiger partial charge < -0.3 is 10.1 Å². The Kier molecular flexibility index (Phi) is 6.73. The van der Waals surface area contributed by atoms with Crippen molar-refractivity contribution in [1.29, 1.82) is 0 Å². The number of carbonyl (C=O) groups excluding carboxylic acids is 1. The summed E-state index contributed by atoms with van der Waals surface area (Å²) >= 11 is 6.03. The van der Waals surface area contributed by atoms with Gasteiger partial charge in [-0.15, -0.1) is 0 Å². The highest BCUT2D eigenvalue weighted by molar-refractivity contribution is 7.91. The van der Waals surface area contributed by atoms with E-state index in [0.29, 0.717) is 34.9 Å². The van der Waals surface area contributed by atoms with Crippen LogP contribution >= 0.6 is 11.6 Å². The largest absolute Gasteiger partial charge is 0.497 e. The van der Waals surface area contributed by atoms with Gasteiger partial charge in [-0.05, 0) is 68.4 Å². The first-order chi connectivity index (χ1) is 16.7. The van der Waals surface area contributed by atoms with Crippen LogP contribution in [0.4, 0.5) is 5.69 Å². The molecule has 0 bridgehead atoms. The molecule has 0 saturated heterocycles. The summed E-state index contributed by atoms with van der Waals surface area (Å²) in [6.45, 7) is 4.38. The van der Waals surface area contributed by atoms with E-state index in [0.717, 1.165) is 0 Å². The van der Waals surface area contributed by atoms with Gasteiger partial charge in [0.05, 0.1) is 33.6 Å². The van der Waals surface area contributed by atoms with Gasteiger partial charge in [0, 0.05) is 23.7 Å². The van der Waals surface area contributed by atoms with Crippen LogP contribution in [0.25, 0.3) is 11.0 Å². The SMILES string of the molecule is CCn1c(=O)n(CC)c2cc(S(=O)(=O)c3ccc(OC)cc3)c(NC(=O)c3cccc(Cl)c3)cc21. The lowest BCUT2D eigenvalue weighted by Crippen LogP contribution is -2.23. The Balaban J connectivity index is 1.96. The lowest BCUT2D eigenvalue weighted by Gasteiger charge is -2.14. The summed E-state index contributed by atoms with van der Waals surface area (Å²) in [5.74, 6) is -0.0212. The fourth-order valence-corrected chi connectivity index (χ4v) is 5.58. The smallest absolute Gasteiger partial charge is 0.329 e. The van der Waals surface area contributed by atoms with Crippen molar-refractivity contribution in [2.24, 2.45) is 0 Å². The molecule has 4 aromatic rings. The Bertz CT molecular complexity index is 1590. The van der Waals surface area contributed by atoms with Crippen molar-refractivity contribution in [1.82, 2.24) is 9.13 Å². The van der Waals surface area contributed by atoms with Gasteiger partial charge in [-0.2, -0.15) is 0 Å². The fourth-order valence-electron chi connectivity index (χ4n) is 3.98. The van der Waals surface area contributed by atoms with Gasteiger partial charge in [-0.3, -0.25) is 13.9 Å². The number of amides is 1. The molecule has 3 aromatic carbocycles. The number of rotatable bonds is 7. The standard InChI is InChI=1S/C25H24ClN3O5S/c1-4-28-21-14-20(27-24(30)16-7-6-8-17(26)13-16)23(15-22(21)29(5-2)25(28)31)35(32,33)19-11-9-18(34-3)10-12-19/h6-15H,4-5H2,1-3H3,(H,27,30). The Labute approximate surface area is 207 Å². The van der Waals surface area contributed by atoms with Crippen LogP contribution in [0, 0.1) is 0 Å². The molecule has 1 amide bonds. The molecule has 182 valence electrons. The maximum Gasteiger partial charge on any atom is 0.329 e. The Hall–Kier alpha value is -3.56. The number of imidazole rings is 1. The van der Waals surface area contributed by atoms with E-state index in [2.05, 4.69) is 5.32 Å². The minimum absolute atomic E-state index is 0.0243. The lowest BCUT2D eigenvalue weighted by atomic mass is 10.2. The molecule has 0 radical (unpaired) electrons. The summed E-state index contributed by atoms with van der Waals surface area (Å²) in [5, 5.41) is 3.09. The topological polar surface area (TPSA) is 99.4 Å². The van der Waals surface area contributed by atoms with Crippen LogP contribution in [0.3, 0.4) is 0 Å². The molecule has 0 spiro atoms. The van der Waals surface area contributed by atoms with Gasteiger partial charge in [0.1, 0.15) is 5.75 Å². The molecule has 8 nitrogen and oxygen atoms in total. The predicted octanol–water partition coefficient (Wildman–Crippen LogP) is 4.59. The van der Waals surface area contributed by atoms with E-state index in [4.69, 9.17) is 16.3 Å². The zero-order valence-electron chi connectivity index (χ0n) is 19.4. The number of hydrogen-bond acceptors (Lipinski definition) is 5. The number of nitrogens with zero attached hydrogens (tertiary/aromatic N) is 2. The molecular formula is C25H24ClN3O5S. The Morgan fingerprint density at radius 2 is 1.60 bits per heavy atom. The van der Waals surface area contributed by atoms with Gasteiger partial charge in [0.15, 0.2) is 0 Å². The number of hydrogen-bond donors (Lipinski definition) is 1. The first-order valence-corrected chi connectivity index (χ1v) is 12.8. The molecule has 0 aliphatic heterocycles. The predicted molar refractivity (Wildman–Crippen MR) is 135 cm³/mol. The lowest BCUT2D eigenvalue weighted by molar-refractivity contribution is 0.102. The van der Waals surface area contributed by atoms with Gasteiger partial charge >= 0.3 is 5.69 Å². The van der Waals surface area contributed by atoms with Gasteiger partial charge in [-0.25, -0.2) is 13.2 Å². The third-order valence-corrected chi connectivity index (χ3v) is 7.79. The number of nitrogens with one attached hydrogen (secondary N) is 1. The molecule has 1 aromatic heterocycles. The van der Waals surface area contributed by atoms with Crippen molar-refractivity contribution >= 4 is 44.1 Å². The van der Waals surface area contributed by atoms with Crippen LogP contribution in [-0.2, 0) is 22.9 Å². The monoisotopic (exact) mass is 513 g/mol. The highest BCUT2D eigenvalue weighted by Crippen LogP contribution is 2.33. The zero-order valence-corrected chi connectivity index (χ0v) is 21.0. The van der Waals surface area contributed by atoms with E-state index < -0.39 is 15.7 Å². The zero-order chi connectivity index (χ0) is 25.3. The normalized spacial score (nSPS) is 11.5. The third kappa shape index (κ3) is 4.44. The second-order valence-corrected chi connectivity index (χ2v) is 10.1. The average Bonchev–Trinajstić information content (AvgIpc) is 3.12. The summed E-state index contributed by atoms with van der Waals surface area (Å²) in [4.78, 5) is 25.8. The maximum atomic E-state index is 13.7. The molecular weight excluding hydrogens is 490 g/mol. The van der Waals surface area contributed by atoms with Crippen molar-refractivity contribution < 1.29 is 17.9 Å². The van der Waals surface area contributed by atoms with Crippen LogP contribution < -0.4 is 15.7 Å². The number of benzene rings is 3. The second-order valence-electron chi connectivity index (χ2n) is 7.75. The van der Waals surface area contributed by atoms with Crippen LogP contribution in [0.1, 0.15) is 24.2 Å². The molecule has 1 N–H and O–H groups in total. The minimum Gasteiger partial charge on any atom is -0.497 e. The molecule has 4 rings (SSSR count). The summed E-state index contributed by atoms with van der Waals surface area (Å²) in [6, 6.07) is 15.3. The number of sulfone groups is 1. The first-order valence-electron chi connectivity index (χ1n) is 10.9.